The average molecular weight is 475 g/mol. The maximum Gasteiger partial charge on any atom is 0.416 e. The van der Waals surface area contributed by atoms with Crippen LogP contribution in [0, 0.1) is 0 Å². The third-order valence-corrected chi connectivity index (χ3v) is 5.43. The minimum absolute atomic E-state index is 0.00307. The number of alkyl halides is 3. The van der Waals surface area contributed by atoms with Crippen LogP contribution in [-0.4, -0.2) is 17.7 Å². The summed E-state index contributed by atoms with van der Waals surface area (Å²) in [7, 11) is 0. The van der Waals surface area contributed by atoms with Crippen LogP contribution < -0.4 is 4.74 Å². The molecule has 0 aliphatic carbocycles. The van der Waals surface area contributed by atoms with Gasteiger partial charge in [-0.05, 0) is 47.9 Å². The molecule has 0 heterocycles. The molecule has 0 saturated carbocycles. The second-order valence-corrected chi connectivity index (χ2v) is 8.22. The van der Waals surface area contributed by atoms with E-state index in [2.05, 4.69) is 6.92 Å². The number of carboxylic acids is 1. The van der Waals surface area contributed by atoms with Crippen LogP contribution in [0.15, 0.2) is 60.7 Å². The normalized spacial score (nSPS) is 12.3. The van der Waals surface area contributed by atoms with Gasteiger partial charge in [-0.1, -0.05) is 88.3 Å². The van der Waals surface area contributed by atoms with Crippen LogP contribution in [0.25, 0.3) is 11.6 Å². The van der Waals surface area contributed by atoms with Gasteiger partial charge in [0.2, 0.25) is 0 Å². The fraction of sp³-hybridized carbons (Fsp3) is 0.393. The zero-order valence-corrected chi connectivity index (χ0v) is 19.6. The van der Waals surface area contributed by atoms with Crippen LogP contribution in [0.5, 0.6) is 5.75 Å². The number of rotatable bonds is 14. The van der Waals surface area contributed by atoms with Crippen molar-refractivity contribution in [3.63, 3.8) is 0 Å². The highest BCUT2D eigenvalue weighted by Gasteiger charge is 2.30. The molecule has 1 N–H and O–H groups in total. The SMILES string of the molecule is CCCCCCCCCCOc1ccc(/C=C\C=C(C(=O)O)c2cccc(C(F)(F)F)c2)cc1. The number of ether oxygens (including phenoxy) is 1. The zero-order chi connectivity index (χ0) is 24.8. The second kappa shape index (κ2) is 14.3. The third kappa shape index (κ3) is 9.86. The van der Waals surface area contributed by atoms with E-state index < -0.39 is 17.7 Å². The van der Waals surface area contributed by atoms with Gasteiger partial charge in [0.05, 0.1) is 17.7 Å². The van der Waals surface area contributed by atoms with Crippen LogP contribution in [0.3, 0.4) is 0 Å². The number of carbonyl (C=O) groups is 1. The summed E-state index contributed by atoms with van der Waals surface area (Å²) >= 11 is 0. The Kier molecular flexibility index (Phi) is 11.4. The number of benzene rings is 2. The largest absolute Gasteiger partial charge is 0.494 e. The highest BCUT2D eigenvalue weighted by molar-refractivity contribution is 6.15. The maximum atomic E-state index is 12.9. The van der Waals surface area contributed by atoms with Crippen LogP contribution in [0.1, 0.15) is 75.0 Å². The fourth-order valence-corrected chi connectivity index (χ4v) is 3.51. The third-order valence-electron chi connectivity index (χ3n) is 5.43. The molecular formula is C28H33F3O3. The highest BCUT2D eigenvalue weighted by atomic mass is 19.4. The van der Waals surface area contributed by atoms with Gasteiger partial charge in [-0.3, -0.25) is 0 Å². The molecule has 184 valence electrons. The molecule has 2 aromatic carbocycles. The summed E-state index contributed by atoms with van der Waals surface area (Å²) in [5, 5.41) is 9.44. The van der Waals surface area contributed by atoms with Gasteiger partial charge in [-0.25, -0.2) is 4.79 Å². The summed E-state index contributed by atoms with van der Waals surface area (Å²) in [6.07, 6.45) is 9.90. The Labute approximate surface area is 200 Å². The summed E-state index contributed by atoms with van der Waals surface area (Å²) < 4.78 is 44.6. The molecule has 0 unspecified atom stereocenters. The number of allylic oxidation sites excluding steroid dienone is 2. The zero-order valence-electron chi connectivity index (χ0n) is 19.6. The predicted octanol–water partition coefficient (Wildman–Crippen LogP) is 8.41. The van der Waals surface area contributed by atoms with Gasteiger partial charge in [-0.2, -0.15) is 13.2 Å². The highest BCUT2D eigenvalue weighted by Crippen LogP contribution is 2.31. The van der Waals surface area contributed by atoms with Gasteiger partial charge >= 0.3 is 12.1 Å². The van der Waals surface area contributed by atoms with E-state index in [9.17, 15) is 23.1 Å². The summed E-state index contributed by atoms with van der Waals surface area (Å²) in [5.74, 6) is -0.528. The molecule has 0 fully saturated rings. The van der Waals surface area contributed by atoms with Crippen molar-refractivity contribution < 1.29 is 27.8 Å². The number of hydrogen-bond acceptors (Lipinski definition) is 2. The van der Waals surface area contributed by atoms with E-state index in [1.165, 1.54) is 62.8 Å². The lowest BCUT2D eigenvalue weighted by molar-refractivity contribution is -0.137. The van der Waals surface area contributed by atoms with Gasteiger partial charge in [0.25, 0.3) is 0 Å². The summed E-state index contributed by atoms with van der Waals surface area (Å²) in [5.41, 5.74) is -0.280. The first-order valence-electron chi connectivity index (χ1n) is 11.8. The summed E-state index contributed by atoms with van der Waals surface area (Å²) in [4.78, 5) is 11.6. The molecule has 0 atom stereocenters. The van der Waals surface area contributed by atoms with Crippen LogP contribution in [0.2, 0.25) is 0 Å². The molecule has 3 nitrogen and oxygen atoms in total. The topological polar surface area (TPSA) is 46.5 Å². The Balaban J connectivity index is 1.86. The number of carboxylic acid groups (broad SMARTS) is 1. The number of aliphatic carboxylic acids is 1. The van der Waals surface area contributed by atoms with Crippen molar-refractivity contribution in [3.8, 4) is 5.75 Å². The monoisotopic (exact) mass is 474 g/mol. The Hall–Kier alpha value is -3.02. The lowest BCUT2D eigenvalue weighted by Gasteiger charge is -2.09. The van der Waals surface area contributed by atoms with Crippen LogP contribution in [-0.2, 0) is 11.0 Å². The molecule has 0 aliphatic rings. The quantitative estimate of drug-likeness (QED) is 0.170. The smallest absolute Gasteiger partial charge is 0.416 e. The molecule has 0 saturated heterocycles. The Morgan fingerprint density at radius 1 is 0.941 bits per heavy atom. The van der Waals surface area contributed by atoms with E-state index in [1.807, 2.05) is 24.3 Å². The van der Waals surface area contributed by atoms with E-state index in [-0.39, 0.29) is 11.1 Å². The molecule has 0 aliphatic heterocycles. The Morgan fingerprint density at radius 3 is 2.21 bits per heavy atom. The van der Waals surface area contributed by atoms with Crippen molar-refractivity contribution >= 4 is 17.6 Å². The number of unbranched alkanes of at least 4 members (excludes halogenated alkanes) is 7. The van der Waals surface area contributed by atoms with E-state index in [0.29, 0.717) is 6.61 Å². The molecule has 2 rings (SSSR count). The second-order valence-electron chi connectivity index (χ2n) is 8.22. The molecule has 6 heteroatoms. The van der Waals surface area contributed by atoms with Crippen molar-refractivity contribution in [2.75, 3.05) is 6.61 Å². The van der Waals surface area contributed by atoms with E-state index in [0.717, 1.165) is 36.3 Å². The molecule has 34 heavy (non-hydrogen) atoms. The van der Waals surface area contributed by atoms with Crippen LogP contribution >= 0.6 is 0 Å². The fourth-order valence-electron chi connectivity index (χ4n) is 3.51. The Morgan fingerprint density at radius 2 is 1.59 bits per heavy atom. The van der Waals surface area contributed by atoms with Gasteiger partial charge in [0.1, 0.15) is 5.75 Å². The first-order valence-corrected chi connectivity index (χ1v) is 11.8. The number of halogens is 3. The van der Waals surface area contributed by atoms with Crippen LogP contribution in [0.4, 0.5) is 13.2 Å². The summed E-state index contributed by atoms with van der Waals surface area (Å²) in [6, 6.07) is 11.7. The lowest BCUT2D eigenvalue weighted by Crippen LogP contribution is -2.06. The van der Waals surface area contributed by atoms with Gasteiger partial charge in [0, 0.05) is 0 Å². The molecule has 0 amide bonds. The van der Waals surface area contributed by atoms with Gasteiger partial charge < -0.3 is 9.84 Å². The van der Waals surface area contributed by atoms with Gasteiger partial charge in [-0.15, -0.1) is 0 Å². The minimum Gasteiger partial charge on any atom is -0.494 e. The molecule has 0 bridgehead atoms. The first kappa shape index (κ1) is 27.2. The van der Waals surface area contributed by atoms with Crippen molar-refractivity contribution in [1.82, 2.24) is 0 Å². The van der Waals surface area contributed by atoms with E-state index in [4.69, 9.17) is 4.74 Å². The lowest BCUT2D eigenvalue weighted by atomic mass is 10.0. The standard InChI is InChI=1S/C28H33F3O3/c1-2-3-4-5-6-7-8-9-20-34-25-18-16-22(17-19-25)12-10-15-26(27(32)33)23-13-11-14-24(21-23)28(29,30)31/h10-19,21H,2-9,20H2,1H3,(H,32,33)/b12-10-,26-15?. The van der Waals surface area contributed by atoms with E-state index in [1.54, 1.807) is 6.08 Å². The van der Waals surface area contributed by atoms with Gasteiger partial charge in [0.15, 0.2) is 0 Å². The molecule has 0 radical (unpaired) electrons. The van der Waals surface area contributed by atoms with Crippen molar-refractivity contribution in [2.24, 2.45) is 0 Å². The molecule has 2 aromatic rings. The Bertz CT molecular complexity index is 944. The number of hydrogen-bond donors (Lipinski definition) is 1. The molecular weight excluding hydrogens is 441 g/mol. The predicted molar refractivity (Wildman–Crippen MR) is 131 cm³/mol. The molecule has 0 spiro atoms. The average Bonchev–Trinajstić information content (AvgIpc) is 2.81. The van der Waals surface area contributed by atoms with Crippen molar-refractivity contribution in [2.45, 2.75) is 64.5 Å². The maximum absolute atomic E-state index is 12.9. The summed E-state index contributed by atoms with van der Waals surface area (Å²) in [6.45, 7) is 2.89. The minimum atomic E-state index is -4.53. The van der Waals surface area contributed by atoms with Crippen molar-refractivity contribution in [3.05, 3.63) is 77.4 Å². The van der Waals surface area contributed by atoms with E-state index >= 15 is 0 Å². The first-order chi connectivity index (χ1) is 16.3. The van der Waals surface area contributed by atoms with Crippen molar-refractivity contribution in [1.29, 1.82) is 0 Å². The molecule has 0 aromatic heterocycles.